The number of para-hydroxylation sites is 2. The van der Waals surface area contributed by atoms with Gasteiger partial charge in [-0.3, -0.25) is 9.59 Å². The summed E-state index contributed by atoms with van der Waals surface area (Å²) in [7, 11) is -3.07. The predicted octanol–water partition coefficient (Wildman–Crippen LogP) is 0.746. The van der Waals surface area contributed by atoms with Gasteiger partial charge in [-0.05, 0) is 24.8 Å². The summed E-state index contributed by atoms with van der Waals surface area (Å²) < 4.78 is 29.7. The van der Waals surface area contributed by atoms with Gasteiger partial charge in [0.05, 0.1) is 28.3 Å². The maximum atomic E-state index is 12.2. The molecule has 1 saturated heterocycles. The van der Waals surface area contributed by atoms with Gasteiger partial charge < -0.3 is 14.6 Å². The summed E-state index contributed by atoms with van der Waals surface area (Å²) in [6.45, 7) is -0.471. The summed E-state index contributed by atoms with van der Waals surface area (Å²) in [5.41, 5.74) is 1.63. The van der Waals surface area contributed by atoms with Crippen molar-refractivity contribution in [3.8, 4) is 0 Å². The van der Waals surface area contributed by atoms with Crippen molar-refractivity contribution >= 4 is 44.5 Å². The van der Waals surface area contributed by atoms with E-state index >= 15 is 0 Å². The second-order valence-corrected chi connectivity index (χ2v) is 9.46. The number of esters is 1. The zero-order valence-electron chi connectivity index (χ0n) is 14.9. The van der Waals surface area contributed by atoms with Crippen molar-refractivity contribution in [3.63, 3.8) is 0 Å². The second-order valence-electron chi connectivity index (χ2n) is 6.36. The van der Waals surface area contributed by atoms with E-state index in [1.807, 2.05) is 30.5 Å². The molecular weight excluding hydrogens is 390 g/mol. The molecule has 1 aliphatic heterocycles. The molecule has 1 aliphatic rings. The zero-order chi connectivity index (χ0) is 19.4. The van der Waals surface area contributed by atoms with E-state index in [0.29, 0.717) is 12.2 Å². The van der Waals surface area contributed by atoms with E-state index in [4.69, 9.17) is 4.74 Å². The monoisotopic (exact) mass is 411 g/mol. The largest absolute Gasteiger partial charge is 0.454 e. The molecule has 1 aromatic heterocycles. The van der Waals surface area contributed by atoms with Crippen LogP contribution >= 0.6 is 11.8 Å². The molecule has 2 heterocycles. The van der Waals surface area contributed by atoms with Gasteiger partial charge in [0.2, 0.25) is 0 Å². The fraction of sp³-hybridized carbons (Fsp3) is 0.471. The van der Waals surface area contributed by atoms with Crippen LogP contribution in [0.25, 0.3) is 11.0 Å². The maximum absolute atomic E-state index is 12.2. The number of nitrogens with zero attached hydrogens (tertiary/aromatic N) is 2. The van der Waals surface area contributed by atoms with Crippen molar-refractivity contribution in [1.82, 2.24) is 14.9 Å². The van der Waals surface area contributed by atoms with Gasteiger partial charge in [0.15, 0.2) is 16.4 Å². The fourth-order valence-corrected chi connectivity index (χ4v) is 5.19. The molecule has 1 fully saturated rings. The molecule has 1 N–H and O–H groups in total. The third kappa shape index (κ3) is 5.01. The molecule has 0 spiro atoms. The van der Waals surface area contributed by atoms with Gasteiger partial charge in [-0.15, -0.1) is 0 Å². The normalized spacial score (nSPS) is 18.5. The SMILES string of the molecule is CSCc1nc2ccccc2n1CC(=O)OCC(=O)N[C@@H]1CCS(=O)(=O)C1. The summed E-state index contributed by atoms with van der Waals surface area (Å²) in [6.07, 6.45) is 2.34. The van der Waals surface area contributed by atoms with Crippen LogP contribution in [0.4, 0.5) is 0 Å². The van der Waals surface area contributed by atoms with Crippen molar-refractivity contribution in [2.24, 2.45) is 0 Å². The Morgan fingerprint density at radius 3 is 2.85 bits per heavy atom. The molecule has 1 atom stereocenters. The summed E-state index contributed by atoms with van der Waals surface area (Å²) in [6, 6.07) is 7.11. The zero-order valence-corrected chi connectivity index (χ0v) is 16.5. The Morgan fingerprint density at radius 2 is 2.15 bits per heavy atom. The number of carbonyl (C=O) groups excluding carboxylic acids is 2. The van der Waals surface area contributed by atoms with Crippen molar-refractivity contribution in [3.05, 3.63) is 30.1 Å². The van der Waals surface area contributed by atoms with Crippen molar-refractivity contribution in [2.75, 3.05) is 24.4 Å². The molecular formula is C17H21N3O5S2. The van der Waals surface area contributed by atoms with Crippen LogP contribution in [0.1, 0.15) is 12.2 Å². The predicted molar refractivity (Wildman–Crippen MR) is 103 cm³/mol. The average Bonchev–Trinajstić information content (AvgIpc) is 3.13. The topological polar surface area (TPSA) is 107 Å². The van der Waals surface area contributed by atoms with E-state index in [-0.39, 0.29) is 18.1 Å². The number of hydrogen-bond acceptors (Lipinski definition) is 7. The number of nitrogens with one attached hydrogen (secondary N) is 1. The van der Waals surface area contributed by atoms with E-state index in [1.54, 1.807) is 16.3 Å². The van der Waals surface area contributed by atoms with E-state index in [2.05, 4.69) is 10.3 Å². The molecule has 0 bridgehead atoms. The molecule has 1 aromatic carbocycles. The van der Waals surface area contributed by atoms with Crippen LogP contribution in [0.5, 0.6) is 0 Å². The minimum Gasteiger partial charge on any atom is -0.454 e. The van der Waals surface area contributed by atoms with Gasteiger partial charge in [-0.1, -0.05) is 12.1 Å². The Labute approximate surface area is 161 Å². The lowest BCUT2D eigenvalue weighted by molar-refractivity contribution is -0.149. The summed E-state index contributed by atoms with van der Waals surface area (Å²) >= 11 is 1.60. The highest BCUT2D eigenvalue weighted by Crippen LogP contribution is 2.19. The van der Waals surface area contributed by atoms with Crippen LogP contribution in [0, 0.1) is 0 Å². The molecule has 0 aliphatic carbocycles. The molecule has 0 radical (unpaired) electrons. The van der Waals surface area contributed by atoms with E-state index in [9.17, 15) is 18.0 Å². The number of benzene rings is 1. The smallest absolute Gasteiger partial charge is 0.326 e. The number of sulfone groups is 1. The molecule has 0 unspecified atom stereocenters. The molecule has 8 nitrogen and oxygen atoms in total. The Morgan fingerprint density at radius 1 is 1.37 bits per heavy atom. The van der Waals surface area contributed by atoms with E-state index < -0.39 is 34.4 Å². The number of amides is 1. The minimum atomic E-state index is -3.07. The second kappa shape index (κ2) is 8.30. The van der Waals surface area contributed by atoms with Gasteiger partial charge >= 0.3 is 5.97 Å². The Balaban J connectivity index is 1.57. The number of aromatic nitrogens is 2. The minimum absolute atomic E-state index is 0.0402. The van der Waals surface area contributed by atoms with Gasteiger partial charge in [0.1, 0.15) is 12.4 Å². The van der Waals surface area contributed by atoms with Crippen LogP contribution in [0.3, 0.4) is 0 Å². The molecule has 27 heavy (non-hydrogen) atoms. The molecule has 3 rings (SSSR count). The molecule has 1 amide bonds. The molecule has 2 aromatic rings. The number of hydrogen-bond donors (Lipinski definition) is 1. The van der Waals surface area contributed by atoms with Gasteiger partial charge in [0.25, 0.3) is 5.91 Å². The lowest BCUT2D eigenvalue weighted by atomic mass is 10.2. The lowest BCUT2D eigenvalue weighted by Crippen LogP contribution is -2.38. The summed E-state index contributed by atoms with van der Waals surface area (Å²) in [4.78, 5) is 28.6. The number of fused-ring (bicyclic) bond motifs is 1. The van der Waals surface area contributed by atoms with Gasteiger partial charge in [-0.25, -0.2) is 13.4 Å². The van der Waals surface area contributed by atoms with Crippen molar-refractivity contribution in [2.45, 2.75) is 24.8 Å². The first-order chi connectivity index (χ1) is 12.9. The molecule has 0 saturated carbocycles. The third-order valence-electron chi connectivity index (χ3n) is 4.26. The van der Waals surface area contributed by atoms with Crippen molar-refractivity contribution < 1.29 is 22.7 Å². The number of imidazole rings is 1. The quantitative estimate of drug-likeness (QED) is 0.670. The first kappa shape index (κ1) is 19.7. The van der Waals surface area contributed by atoms with Crippen LogP contribution in [0.15, 0.2) is 24.3 Å². The van der Waals surface area contributed by atoms with Crippen molar-refractivity contribution in [1.29, 1.82) is 0 Å². The highest BCUT2D eigenvalue weighted by Gasteiger charge is 2.29. The van der Waals surface area contributed by atoms with E-state index in [0.717, 1.165) is 16.9 Å². The Hall–Kier alpha value is -2.07. The standard InChI is InChI=1S/C17H21N3O5S2/c1-26-10-15-19-13-4-2-3-5-14(13)20(15)8-17(22)25-9-16(21)18-12-6-7-27(23,24)11-12/h2-5,12H,6-11H2,1H3,(H,18,21)/t12-/m1/s1. The van der Waals surface area contributed by atoms with Crippen LogP contribution in [-0.2, 0) is 36.5 Å². The Kier molecular flexibility index (Phi) is 6.05. The highest BCUT2D eigenvalue weighted by molar-refractivity contribution is 7.97. The average molecular weight is 412 g/mol. The summed E-state index contributed by atoms with van der Waals surface area (Å²) in [5, 5.41) is 2.59. The first-order valence-corrected chi connectivity index (χ1v) is 11.7. The van der Waals surface area contributed by atoms with E-state index in [1.165, 1.54) is 0 Å². The van der Waals surface area contributed by atoms with Gasteiger partial charge in [-0.2, -0.15) is 11.8 Å². The lowest BCUT2D eigenvalue weighted by Gasteiger charge is -2.12. The third-order valence-corrected chi connectivity index (χ3v) is 6.57. The van der Waals surface area contributed by atoms with Crippen LogP contribution in [0.2, 0.25) is 0 Å². The number of ether oxygens (including phenoxy) is 1. The fourth-order valence-electron chi connectivity index (χ4n) is 3.04. The van der Waals surface area contributed by atoms with Crippen LogP contribution < -0.4 is 5.32 Å². The summed E-state index contributed by atoms with van der Waals surface area (Å²) in [5.74, 6) is 0.384. The first-order valence-electron chi connectivity index (χ1n) is 8.46. The maximum Gasteiger partial charge on any atom is 0.326 e. The molecule has 10 heteroatoms. The van der Waals surface area contributed by atoms with Gasteiger partial charge in [0, 0.05) is 6.04 Å². The number of thioether (sulfide) groups is 1. The Bertz CT molecular complexity index is 955. The number of rotatable bonds is 7. The highest BCUT2D eigenvalue weighted by atomic mass is 32.2. The molecule has 146 valence electrons. The van der Waals surface area contributed by atoms with Crippen LogP contribution in [-0.4, -0.2) is 60.3 Å². The number of carbonyl (C=O) groups is 2.